The van der Waals surface area contributed by atoms with Gasteiger partial charge >= 0.3 is 0 Å². The molecule has 0 saturated heterocycles. The highest BCUT2D eigenvalue weighted by Gasteiger charge is 2.30. The fraction of sp³-hybridized carbons (Fsp3) is 0.933. The Balaban J connectivity index is 1.85. The molecule has 2 saturated carbocycles. The molecule has 0 aliphatic heterocycles. The molecule has 0 spiro atoms. The maximum absolute atomic E-state index is 12.3. The van der Waals surface area contributed by atoms with Gasteiger partial charge in [0.25, 0.3) is 0 Å². The summed E-state index contributed by atoms with van der Waals surface area (Å²) in [7, 11) is 0. The van der Waals surface area contributed by atoms with Gasteiger partial charge in [-0.1, -0.05) is 32.6 Å². The average molecular weight is 252 g/mol. The van der Waals surface area contributed by atoms with Crippen LogP contribution in [0.4, 0.5) is 0 Å². The van der Waals surface area contributed by atoms with E-state index in [1.54, 1.807) is 0 Å². The zero-order valence-electron chi connectivity index (χ0n) is 11.7. The number of amides is 1. The predicted octanol–water partition coefficient (Wildman–Crippen LogP) is 2.59. The highest BCUT2D eigenvalue weighted by molar-refractivity contribution is 5.79. The second-order valence-electron chi connectivity index (χ2n) is 6.19. The first-order chi connectivity index (χ1) is 8.70. The molecular weight excluding hydrogens is 224 g/mol. The van der Waals surface area contributed by atoms with Gasteiger partial charge in [0.2, 0.25) is 5.91 Å². The number of nitrogens with one attached hydrogen (secondary N) is 1. The van der Waals surface area contributed by atoms with Crippen LogP contribution in [-0.2, 0) is 4.79 Å². The molecule has 3 N–H and O–H groups in total. The van der Waals surface area contributed by atoms with Crippen molar-refractivity contribution in [3.8, 4) is 0 Å². The predicted molar refractivity (Wildman–Crippen MR) is 74.1 cm³/mol. The summed E-state index contributed by atoms with van der Waals surface area (Å²) >= 11 is 0. The fourth-order valence-electron chi connectivity index (χ4n) is 3.65. The number of hydrogen-bond donors (Lipinski definition) is 2. The molecule has 0 aromatic heterocycles. The summed E-state index contributed by atoms with van der Waals surface area (Å²) in [5.74, 6) is 1.14. The van der Waals surface area contributed by atoms with Crippen molar-refractivity contribution in [3.63, 3.8) is 0 Å². The monoisotopic (exact) mass is 252 g/mol. The van der Waals surface area contributed by atoms with E-state index in [9.17, 15) is 4.79 Å². The van der Waals surface area contributed by atoms with Crippen LogP contribution in [0.5, 0.6) is 0 Å². The molecular formula is C15H28N2O. The molecule has 104 valence electrons. The smallest absolute Gasteiger partial charge is 0.223 e. The number of carbonyl (C=O) groups excluding carboxylic acids is 1. The lowest BCUT2D eigenvalue weighted by Gasteiger charge is -2.34. The van der Waals surface area contributed by atoms with Crippen molar-refractivity contribution < 1.29 is 4.79 Å². The molecule has 18 heavy (non-hydrogen) atoms. The van der Waals surface area contributed by atoms with E-state index in [4.69, 9.17) is 5.73 Å². The van der Waals surface area contributed by atoms with Gasteiger partial charge < -0.3 is 11.1 Å². The van der Waals surface area contributed by atoms with E-state index in [0.29, 0.717) is 12.0 Å². The number of carbonyl (C=O) groups is 1. The van der Waals surface area contributed by atoms with E-state index in [2.05, 4.69) is 12.2 Å². The maximum Gasteiger partial charge on any atom is 0.223 e. The molecule has 0 heterocycles. The van der Waals surface area contributed by atoms with Crippen LogP contribution in [0.3, 0.4) is 0 Å². The Labute approximate surface area is 111 Å². The van der Waals surface area contributed by atoms with E-state index in [1.165, 1.54) is 32.1 Å². The molecule has 3 nitrogen and oxygen atoms in total. The first-order valence-corrected chi connectivity index (χ1v) is 7.76. The summed E-state index contributed by atoms with van der Waals surface area (Å²) in [5, 5.41) is 3.32. The van der Waals surface area contributed by atoms with Crippen molar-refractivity contribution in [2.45, 2.75) is 76.8 Å². The Hall–Kier alpha value is -0.570. The minimum Gasteiger partial charge on any atom is -0.353 e. The van der Waals surface area contributed by atoms with Gasteiger partial charge in [-0.25, -0.2) is 0 Å². The SMILES string of the molecule is CCC1CCCCC1NC(=O)C1CCCC(N)C1. The van der Waals surface area contributed by atoms with Crippen LogP contribution in [0, 0.1) is 11.8 Å². The highest BCUT2D eigenvalue weighted by atomic mass is 16.1. The molecule has 0 aromatic carbocycles. The van der Waals surface area contributed by atoms with Crippen molar-refractivity contribution in [3.05, 3.63) is 0 Å². The van der Waals surface area contributed by atoms with Gasteiger partial charge in [0.05, 0.1) is 0 Å². The van der Waals surface area contributed by atoms with Gasteiger partial charge in [-0.3, -0.25) is 4.79 Å². The van der Waals surface area contributed by atoms with Crippen molar-refractivity contribution in [2.75, 3.05) is 0 Å². The summed E-state index contributed by atoms with van der Waals surface area (Å²) in [4.78, 5) is 12.3. The Bertz CT molecular complexity index is 280. The first kappa shape index (κ1) is 13.9. The molecule has 4 atom stereocenters. The highest BCUT2D eigenvalue weighted by Crippen LogP contribution is 2.28. The van der Waals surface area contributed by atoms with Gasteiger partial charge in [0, 0.05) is 18.0 Å². The van der Waals surface area contributed by atoms with Crippen LogP contribution in [0.2, 0.25) is 0 Å². The molecule has 1 amide bonds. The van der Waals surface area contributed by atoms with E-state index >= 15 is 0 Å². The van der Waals surface area contributed by atoms with Gasteiger partial charge in [-0.05, 0) is 38.0 Å². The molecule has 2 rings (SSSR count). The van der Waals surface area contributed by atoms with Gasteiger partial charge in [0.1, 0.15) is 0 Å². The average Bonchev–Trinajstić information content (AvgIpc) is 2.39. The quantitative estimate of drug-likeness (QED) is 0.811. The first-order valence-electron chi connectivity index (χ1n) is 7.76. The molecule has 3 heteroatoms. The molecule has 2 aliphatic carbocycles. The summed E-state index contributed by atoms with van der Waals surface area (Å²) in [6.45, 7) is 2.24. The Morgan fingerprint density at radius 1 is 1.17 bits per heavy atom. The van der Waals surface area contributed by atoms with E-state index < -0.39 is 0 Å². The zero-order valence-corrected chi connectivity index (χ0v) is 11.7. The Kier molecular flexibility index (Phi) is 5.04. The Morgan fingerprint density at radius 3 is 2.67 bits per heavy atom. The van der Waals surface area contributed by atoms with Crippen LogP contribution in [0.25, 0.3) is 0 Å². The molecule has 4 unspecified atom stereocenters. The third-order valence-corrected chi connectivity index (χ3v) is 4.85. The molecule has 0 radical (unpaired) electrons. The summed E-state index contributed by atoms with van der Waals surface area (Å²) in [6.07, 6.45) is 10.4. The van der Waals surface area contributed by atoms with Crippen molar-refractivity contribution in [2.24, 2.45) is 17.6 Å². The summed E-state index contributed by atoms with van der Waals surface area (Å²) < 4.78 is 0. The second-order valence-corrected chi connectivity index (χ2v) is 6.19. The minimum absolute atomic E-state index is 0.174. The van der Waals surface area contributed by atoms with Crippen LogP contribution in [-0.4, -0.2) is 18.0 Å². The normalized spacial score (nSPS) is 37.2. The van der Waals surface area contributed by atoms with Crippen LogP contribution >= 0.6 is 0 Å². The topological polar surface area (TPSA) is 55.1 Å². The molecule has 0 bridgehead atoms. The van der Waals surface area contributed by atoms with Crippen LogP contribution < -0.4 is 11.1 Å². The number of hydrogen-bond acceptors (Lipinski definition) is 2. The summed E-state index contributed by atoms with van der Waals surface area (Å²) in [5.41, 5.74) is 5.97. The van der Waals surface area contributed by atoms with E-state index in [1.807, 2.05) is 0 Å². The summed E-state index contributed by atoms with van der Waals surface area (Å²) in [6, 6.07) is 0.664. The third-order valence-electron chi connectivity index (χ3n) is 4.85. The van der Waals surface area contributed by atoms with E-state index in [0.717, 1.165) is 25.7 Å². The van der Waals surface area contributed by atoms with Crippen LogP contribution in [0.15, 0.2) is 0 Å². The molecule has 2 aliphatic rings. The molecule has 0 aromatic rings. The van der Waals surface area contributed by atoms with E-state index in [-0.39, 0.29) is 17.9 Å². The van der Waals surface area contributed by atoms with Crippen LogP contribution in [0.1, 0.15) is 64.7 Å². The second kappa shape index (κ2) is 6.55. The van der Waals surface area contributed by atoms with Gasteiger partial charge in [-0.15, -0.1) is 0 Å². The fourth-order valence-corrected chi connectivity index (χ4v) is 3.65. The number of nitrogens with two attached hydrogens (primary N) is 1. The lowest BCUT2D eigenvalue weighted by Crippen LogP contribution is -2.46. The lowest BCUT2D eigenvalue weighted by atomic mass is 9.81. The van der Waals surface area contributed by atoms with Crippen molar-refractivity contribution >= 4 is 5.91 Å². The zero-order chi connectivity index (χ0) is 13.0. The lowest BCUT2D eigenvalue weighted by molar-refractivity contribution is -0.127. The van der Waals surface area contributed by atoms with Gasteiger partial charge in [-0.2, -0.15) is 0 Å². The van der Waals surface area contributed by atoms with Crippen molar-refractivity contribution in [1.29, 1.82) is 0 Å². The maximum atomic E-state index is 12.3. The minimum atomic E-state index is 0.174. The standard InChI is InChI=1S/C15H28N2O/c1-2-11-6-3-4-9-14(11)17-15(18)12-7-5-8-13(16)10-12/h11-14H,2-10,16H2,1H3,(H,17,18). The largest absolute Gasteiger partial charge is 0.353 e. The molecule has 2 fully saturated rings. The number of rotatable bonds is 3. The Morgan fingerprint density at radius 2 is 1.94 bits per heavy atom. The van der Waals surface area contributed by atoms with Crippen molar-refractivity contribution in [1.82, 2.24) is 5.32 Å². The van der Waals surface area contributed by atoms with Gasteiger partial charge in [0.15, 0.2) is 0 Å². The third kappa shape index (κ3) is 3.47.